The average Bonchev–Trinajstić information content (AvgIpc) is 2.86. The van der Waals surface area contributed by atoms with E-state index in [1.54, 1.807) is 11.3 Å². The minimum Gasteiger partial charge on any atom is -0.349 e. The summed E-state index contributed by atoms with van der Waals surface area (Å²) in [6, 6.07) is 4.33. The third-order valence-electron chi connectivity index (χ3n) is 4.41. The van der Waals surface area contributed by atoms with E-state index in [9.17, 15) is 4.79 Å². The fraction of sp³-hybridized carbons (Fsp3) is 0.688. The highest BCUT2D eigenvalue weighted by molar-refractivity contribution is 7.12. The maximum atomic E-state index is 12.3. The number of nitrogens with one attached hydrogen (secondary N) is 2. The first-order chi connectivity index (χ1) is 9.54. The number of carbonyl (C=O) groups is 1. The molecule has 1 heterocycles. The van der Waals surface area contributed by atoms with E-state index in [-0.39, 0.29) is 17.5 Å². The molecule has 1 amide bonds. The molecule has 0 spiro atoms. The van der Waals surface area contributed by atoms with Crippen LogP contribution in [0.15, 0.2) is 12.1 Å². The van der Waals surface area contributed by atoms with Gasteiger partial charge in [0.15, 0.2) is 0 Å². The maximum absolute atomic E-state index is 12.3. The Morgan fingerprint density at radius 3 is 2.60 bits per heavy atom. The highest BCUT2D eigenvalue weighted by atomic mass is 32.1. The van der Waals surface area contributed by atoms with Crippen LogP contribution in [0.1, 0.15) is 61.2 Å². The monoisotopic (exact) mass is 294 g/mol. The van der Waals surface area contributed by atoms with Crippen LogP contribution in [-0.4, -0.2) is 18.5 Å². The normalized spacial score (nSPS) is 19.6. The number of thiophene rings is 1. The molecule has 3 nitrogen and oxygen atoms in total. The van der Waals surface area contributed by atoms with Crippen LogP contribution in [0.5, 0.6) is 0 Å². The summed E-state index contributed by atoms with van der Waals surface area (Å²) < 4.78 is 0. The van der Waals surface area contributed by atoms with Gasteiger partial charge in [-0.15, -0.1) is 11.3 Å². The van der Waals surface area contributed by atoms with E-state index < -0.39 is 0 Å². The second-order valence-electron chi connectivity index (χ2n) is 6.01. The molecule has 2 N–H and O–H groups in total. The first-order valence-electron chi connectivity index (χ1n) is 7.59. The van der Waals surface area contributed by atoms with E-state index in [1.165, 1.54) is 29.0 Å². The Kier molecular flexibility index (Phi) is 5.22. The molecule has 0 saturated heterocycles. The summed E-state index contributed by atoms with van der Waals surface area (Å²) in [4.78, 5) is 14.8. The number of aryl methyl sites for hydroxylation is 1. The fourth-order valence-corrected chi connectivity index (χ4v) is 3.98. The first-order valence-corrected chi connectivity index (χ1v) is 8.41. The Bertz CT molecular complexity index is 449. The lowest BCUT2D eigenvalue weighted by Gasteiger charge is -2.37. The molecule has 1 aromatic heterocycles. The smallest absolute Gasteiger partial charge is 0.222 e. The molecule has 20 heavy (non-hydrogen) atoms. The van der Waals surface area contributed by atoms with E-state index in [4.69, 9.17) is 0 Å². The number of carbonyl (C=O) groups excluding carboxylic acids is 1. The Hall–Kier alpha value is -0.870. The van der Waals surface area contributed by atoms with Gasteiger partial charge in [0, 0.05) is 21.7 Å². The molecule has 1 aliphatic carbocycles. The molecular formula is C16H26N2OS. The summed E-state index contributed by atoms with van der Waals surface area (Å²) >= 11 is 1.76. The maximum Gasteiger partial charge on any atom is 0.222 e. The molecule has 2 rings (SSSR count). The predicted molar refractivity (Wildman–Crippen MR) is 85.1 cm³/mol. The molecule has 112 valence electrons. The van der Waals surface area contributed by atoms with E-state index >= 15 is 0 Å². The zero-order valence-electron chi connectivity index (χ0n) is 12.8. The molecule has 0 radical (unpaired) electrons. The SMILES string of the molecule is CNC1(CC(=O)NC(C)c2ccc(C)s2)CCCCC1. The highest BCUT2D eigenvalue weighted by Gasteiger charge is 2.32. The van der Waals surface area contributed by atoms with E-state index in [0.717, 1.165) is 12.8 Å². The van der Waals surface area contributed by atoms with Crippen molar-refractivity contribution in [3.05, 3.63) is 21.9 Å². The lowest BCUT2D eigenvalue weighted by Crippen LogP contribution is -2.48. The van der Waals surface area contributed by atoms with Crippen LogP contribution >= 0.6 is 11.3 Å². The number of rotatable bonds is 5. The minimum atomic E-state index is 0.0212. The van der Waals surface area contributed by atoms with Crippen LogP contribution in [0.2, 0.25) is 0 Å². The highest BCUT2D eigenvalue weighted by Crippen LogP contribution is 2.31. The standard InChI is InChI=1S/C16H26N2OS/c1-12-7-8-14(20-12)13(2)18-15(19)11-16(17-3)9-5-4-6-10-16/h7-8,13,17H,4-6,9-11H2,1-3H3,(H,18,19). The molecule has 0 aliphatic heterocycles. The van der Waals surface area contributed by atoms with Crippen LogP contribution < -0.4 is 10.6 Å². The summed E-state index contributed by atoms with van der Waals surface area (Å²) in [5, 5.41) is 6.55. The zero-order chi connectivity index (χ0) is 14.6. The molecule has 1 fully saturated rings. The van der Waals surface area contributed by atoms with Crippen molar-refractivity contribution >= 4 is 17.2 Å². The van der Waals surface area contributed by atoms with Gasteiger partial charge in [0.05, 0.1) is 6.04 Å². The lowest BCUT2D eigenvalue weighted by molar-refractivity contribution is -0.123. The molecule has 1 saturated carbocycles. The van der Waals surface area contributed by atoms with Crippen molar-refractivity contribution in [2.45, 2.75) is 64.0 Å². The van der Waals surface area contributed by atoms with Gasteiger partial charge in [-0.05, 0) is 45.9 Å². The van der Waals surface area contributed by atoms with Crippen molar-refractivity contribution in [1.29, 1.82) is 0 Å². The number of hydrogen-bond donors (Lipinski definition) is 2. The van der Waals surface area contributed by atoms with Crippen molar-refractivity contribution in [2.24, 2.45) is 0 Å². The van der Waals surface area contributed by atoms with Crippen LogP contribution in [0.3, 0.4) is 0 Å². The van der Waals surface area contributed by atoms with Crippen molar-refractivity contribution in [3.63, 3.8) is 0 Å². The number of amides is 1. The third kappa shape index (κ3) is 3.83. The lowest BCUT2D eigenvalue weighted by atomic mass is 9.79. The summed E-state index contributed by atoms with van der Waals surface area (Å²) in [5.74, 6) is 0.166. The number of hydrogen-bond acceptors (Lipinski definition) is 3. The summed E-state index contributed by atoms with van der Waals surface area (Å²) in [6.45, 7) is 4.16. The molecule has 4 heteroatoms. The molecule has 0 bridgehead atoms. The minimum absolute atomic E-state index is 0.0212. The average molecular weight is 294 g/mol. The third-order valence-corrected chi connectivity index (χ3v) is 5.59. The molecule has 0 aromatic carbocycles. The van der Waals surface area contributed by atoms with Gasteiger partial charge in [0.1, 0.15) is 0 Å². The Morgan fingerprint density at radius 2 is 2.05 bits per heavy atom. The van der Waals surface area contributed by atoms with Crippen LogP contribution in [0, 0.1) is 6.92 Å². The van der Waals surface area contributed by atoms with E-state index in [2.05, 4.69) is 36.6 Å². The zero-order valence-corrected chi connectivity index (χ0v) is 13.6. The van der Waals surface area contributed by atoms with Crippen molar-refractivity contribution < 1.29 is 4.79 Å². The second-order valence-corrected chi connectivity index (χ2v) is 7.32. The van der Waals surface area contributed by atoms with E-state index in [1.807, 2.05) is 7.05 Å². The van der Waals surface area contributed by atoms with E-state index in [0.29, 0.717) is 6.42 Å². The summed E-state index contributed by atoms with van der Waals surface area (Å²) in [7, 11) is 1.99. The quantitative estimate of drug-likeness (QED) is 0.872. The van der Waals surface area contributed by atoms with Crippen molar-refractivity contribution in [2.75, 3.05) is 7.05 Å². The summed E-state index contributed by atoms with van der Waals surface area (Å²) in [6.07, 6.45) is 6.59. The Labute approximate surface area is 126 Å². The molecule has 1 atom stereocenters. The van der Waals surface area contributed by atoms with Gasteiger partial charge in [-0.25, -0.2) is 0 Å². The van der Waals surface area contributed by atoms with Gasteiger partial charge in [0.25, 0.3) is 0 Å². The van der Waals surface area contributed by atoms with Gasteiger partial charge >= 0.3 is 0 Å². The predicted octanol–water partition coefficient (Wildman–Crippen LogP) is 3.55. The molecule has 1 aromatic rings. The second kappa shape index (κ2) is 6.72. The van der Waals surface area contributed by atoms with Crippen LogP contribution in [-0.2, 0) is 4.79 Å². The fourth-order valence-electron chi connectivity index (χ4n) is 3.10. The topological polar surface area (TPSA) is 41.1 Å². The first kappa shape index (κ1) is 15.5. The molecule has 1 aliphatic rings. The van der Waals surface area contributed by atoms with Crippen molar-refractivity contribution in [1.82, 2.24) is 10.6 Å². The summed E-state index contributed by atoms with van der Waals surface area (Å²) in [5.41, 5.74) is 0.0212. The molecule has 1 unspecified atom stereocenters. The van der Waals surface area contributed by atoms with Gasteiger partial charge < -0.3 is 10.6 Å². The Morgan fingerprint density at radius 1 is 1.35 bits per heavy atom. The van der Waals surface area contributed by atoms with Crippen LogP contribution in [0.4, 0.5) is 0 Å². The van der Waals surface area contributed by atoms with Gasteiger partial charge in [-0.3, -0.25) is 4.79 Å². The Balaban J connectivity index is 1.91. The largest absolute Gasteiger partial charge is 0.349 e. The van der Waals surface area contributed by atoms with Gasteiger partial charge in [-0.2, -0.15) is 0 Å². The van der Waals surface area contributed by atoms with Crippen molar-refractivity contribution in [3.8, 4) is 0 Å². The molecular weight excluding hydrogens is 268 g/mol. The van der Waals surface area contributed by atoms with Gasteiger partial charge in [-0.1, -0.05) is 19.3 Å². The van der Waals surface area contributed by atoms with Gasteiger partial charge in [0.2, 0.25) is 5.91 Å². The van der Waals surface area contributed by atoms with Crippen LogP contribution in [0.25, 0.3) is 0 Å².